The van der Waals surface area contributed by atoms with Gasteiger partial charge in [0.1, 0.15) is 6.33 Å². The molecule has 1 fully saturated rings. The van der Waals surface area contributed by atoms with Gasteiger partial charge in [-0.2, -0.15) is 0 Å². The summed E-state index contributed by atoms with van der Waals surface area (Å²) in [4.78, 5) is 26.7. The van der Waals surface area contributed by atoms with Gasteiger partial charge < -0.3 is 14.7 Å². The molecule has 0 aliphatic carbocycles. The molecule has 4 rings (SSSR count). The Labute approximate surface area is 188 Å². The number of nitro groups is 1. The summed E-state index contributed by atoms with van der Waals surface area (Å²) in [6, 6.07) is 15.9. The van der Waals surface area contributed by atoms with Crippen LogP contribution in [0.1, 0.15) is 18.1 Å². The lowest BCUT2D eigenvalue weighted by Gasteiger charge is -2.37. The van der Waals surface area contributed by atoms with Crippen LogP contribution >= 0.6 is 0 Å². The SMILES string of the molecule is CCN(c1ccccc1)c1ncnc(N2CCN(c3cccc(C)c3C)CC2)c1[N+](=O)[O-]. The maximum Gasteiger partial charge on any atom is 0.353 e. The van der Waals surface area contributed by atoms with E-state index in [0.717, 1.165) is 18.8 Å². The molecule has 0 saturated carbocycles. The van der Waals surface area contributed by atoms with Gasteiger partial charge in [0.15, 0.2) is 0 Å². The predicted molar refractivity (Wildman–Crippen MR) is 128 cm³/mol. The number of anilines is 4. The molecule has 8 nitrogen and oxygen atoms in total. The van der Waals surface area contributed by atoms with Gasteiger partial charge in [-0.25, -0.2) is 9.97 Å². The topological polar surface area (TPSA) is 78.6 Å². The number of hydrogen-bond donors (Lipinski definition) is 0. The smallest absolute Gasteiger partial charge is 0.353 e. The quantitative estimate of drug-likeness (QED) is 0.419. The molecule has 2 aromatic carbocycles. The lowest BCUT2D eigenvalue weighted by atomic mass is 10.1. The third kappa shape index (κ3) is 4.08. The van der Waals surface area contributed by atoms with Crippen LogP contribution < -0.4 is 14.7 Å². The number of hydrogen-bond acceptors (Lipinski definition) is 7. The van der Waals surface area contributed by atoms with Crippen LogP contribution in [-0.4, -0.2) is 47.6 Å². The highest BCUT2D eigenvalue weighted by Gasteiger charge is 2.32. The van der Waals surface area contributed by atoms with Crippen LogP contribution in [0.3, 0.4) is 0 Å². The summed E-state index contributed by atoms with van der Waals surface area (Å²) in [6.07, 6.45) is 1.43. The summed E-state index contributed by atoms with van der Waals surface area (Å²) in [5, 5.41) is 12.2. The van der Waals surface area contributed by atoms with Gasteiger partial charge in [-0.15, -0.1) is 0 Å². The average molecular weight is 433 g/mol. The van der Waals surface area contributed by atoms with Crippen molar-refractivity contribution in [3.63, 3.8) is 0 Å². The molecule has 0 bridgehead atoms. The molecule has 32 heavy (non-hydrogen) atoms. The minimum Gasteiger partial charge on any atom is -0.368 e. The highest BCUT2D eigenvalue weighted by Crippen LogP contribution is 2.38. The first-order valence-electron chi connectivity index (χ1n) is 10.9. The van der Waals surface area contributed by atoms with E-state index in [4.69, 9.17) is 0 Å². The van der Waals surface area contributed by atoms with Crippen LogP contribution in [0, 0.1) is 24.0 Å². The Morgan fingerprint density at radius 3 is 2.31 bits per heavy atom. The third-order valence-electron chi connectivity index (χ3n) is 6.10. The molecule has 0 atom stereocenters. The number of nitrogens with zero attached hydrogens (tertiary/aromatic N) is 6. The Balaban J connectivity index is 1.63. The van der Waals surface area contributed by atoms with E-state index in [1.54, 1.807) is 0 Å². The second kappa shape index (κ2) is 9.21. The molecule has 0 unspecified atom stereocenters. The summed E-state index contributed by atoms with van der Waals surface area (Å²) in [7, 11) is 0. The Hall–Kier alpha value is -3.68. The Kier molecular flexibility index (Phi) is 6.20. The number of benzene rings is 2. The van der Waals surface area contributed by atoms with Gasteiger partial charge in [-0.3, -0.25) is 10.1 Å². The van der Waals surface area contributed by atoms with Gasteiger partial charge in [0.05, 0.1) is 4.92 Å². The number of piperazine rings is 1. The zero-order chi connectivity index (χ0) is 22.7. The van der Waals surface area contributed by atoms with E-state index in [2.05, 4.69) is 46.9 Å². The lowest BCUT2D eigenvalue weighted by molar-refractivity contribution is -0.383. The predicted octanol–water partition coefficient (Wildman–Crippen LogP) is 4.49. The molecule has 0 spiro atoms. The summed E-state index contributed by atoms with van der Waals surface area (Å²) in [5.41, 5.74) is 4.59. The van der Waals surface area contributed by atoms with Gasteiger partial charge in [-0.05, 0) is 50.1 Å². The van der Waals surface area contributed by atoms with Crippen LogP contribution in [0.2, 0.25) is 0 Å². The highest BCUT2D eigenvalue weighted by molar-refractivity contribution is 5.76. The zero-order valence-electron chi connectivity index (χ0n) is 18.7. The molecule has 0 amide bonds. The van der Waals surface area contributed by atoms with Gasteiger partial charge in [0.25, 0.3) is 0 Å². The molecular formula is C24H28N6O2. The third-order valence-corrected chi connectivity index (χ3v) is 6.10. The first kappa shape index (κ1) is 21.5. The molecule has 1 saturated heterocycles. The van der Waals surface area contributed by atoms with Gasteiger partial charge in [-0.1, -0.05) is 30.3 Å². The summed E-state index contributed by atoms with van der Waals surface area (Å²) in [5.74, 6) is 0.709. The van der Waals surface area contributed by atoms with Crippen molar-refractivity contribution in [2.24, 2.45) is 0 Å². The van der Waals surface area contributed by atoms with Crippen LogP contribution in [-0.2, 0) is 0 Å². The largest absolute Gasteiger partial charge is 0.368 e. The molecule has 1 aliphatic heterocycles. The minimum atomic E-state index is -0.354. The van der Waals surface area contributed by atoms with E-state index in [1.165, 1.54) is 23.1 Å². The second-order valence-electron chi connectivity index (χ2n) is 7.90. The molecule has 0 radical (unpaired) electrons. The molecule has 2 heterocycles. The van der Waals surface area contributed by atoms with E-state index in [0.29, 0.717) is 31.3 Å². The molecule has 1 aliphatic rings. The Bertz CT molecular complexity index is 1100. The molecule has 0 N–H and O–H groups in total. The van der Waals surface area contributed by atoms with E-state index < -0.39 is 0 Å². The highest BCUT2D eigenvalue weighted by atomic mass is 16.6. The standard InChI is InChI=1S/C24H28N6O2/c1-4-29(20-10-6-5-7-11-20)24-22(30(31)32)23(25-17-26-24)28-15-13-27(14-16-28)21-12-8-9-18(2)19(21)3/h5-12,17H,4,13-16H2,1-3H3. The summed E-state index contributed by atoms with van der Waals surface area (Å²) < 4.78 is 0. The molecule has 1 aromatic heterocycles. The first-order valence-corrected chi connectivity index (χ1v) is 10.9. The fourth-order valence-corrected chi connectivity index (χ4v) is 4.25. The van der Waals surface area contributed by atoms with Crippen molar-refractivity contribution in [2.45, 2.75) is 20.8 Å². The first-order chi connectivity index (χ1) is 15.5. The van der Waals surface area contributed by atoms with Gasteiger partial charge in [0, 0.05) is 44.1 Å². The fraction of sp³-hybridized carbons (Fsp3) is 0.333. The lowest BCUT2D eigenvalue weighted by Crippen LogP contribution is -2.47. The Morgan fingerprint density at radius 2 is 1.66 bits per heavy atom. The van der Waals surface area contributed by atoms with Crippen molar-refractivity contribution >= 4 is 28.7 Å². The van der Waals surface area contributed by atoms with Gasteiger partial charge >= 0.3 is 5.69 Å². The number of aryl methyl sites for hydroxylation is 1. The van der Waals surface area contributed by atoms with Crippen molar-refractivity contribution < 1.29 is 4.92 Å². The monoisotopic (exact) mass is 432 g/mol. The maximum atomic E-state index is 12.2. The normalized spacial score (nSPS) is 13.8. The average Bonchev–Trinajstić information content (AvgIpc) is 2.82. The van der Waals surface area contributed by atoms with Crippen LogP contribution in [0.4, 0.5) is 28.7 Å². The number of rotatable bonds is 6. The van der Waals surface area contributed by atoms with Crippen molar-refractivity contribution in [1.82, 2.24) is 9.97 Å². The van der Waals surface area contributed by atoms with E-state index in [1.807, 2.05) is 47.1 Å². The summed E-state index contributed by atoms with van der Waals surface area (Å²) >= 11 is 0. The van der Waals surface area contributed by atoms with Crippen molar-refractivity contribution in [3.8, 4) is 0 Å². The number of aromatic nitrogens is 2. The minimum absolute atomic E-state index is 0.0432. The Morgan fingerprint density at radius 1 is 0.969 bits per heavy atom. The van der Waals surface area contributed by atoms with Crippen molar-refractivity contribution in [2.75, 3.05) is 47.4 Å². The van der Waals surface area contributed by atoms with E-state index in [9.17, 15) is 10.1 Å². The fourth-order valence-electron chi connectivity index (χ4n) is 4.25. The van der Waals surface area contributed by atoms with Crippen molar-refractivity contribution in [3.05, 3.63) is 76.1 Å². The molecule has 8 heteroatoms. The van der Waals surface area contributed by atoms with Crippen LogP contribution in [0.5, 0.6) is 0 Å². The number of para-hydroxylation sites is 1. The zero-order valence-corrected chi connectivity index (χ0v) is 18.7. The van der Waals surface area contributed by atoms with Crippen LogP contribution in [0.25, 0.3) is 0 Å². The van der Waals surface area contributed by atoms with Gasteiger partial charge in [0.2, 0.25) is 11.6 Å². The van der Waals surface area contributed by atoms with E-state index >= 15 is 0 Å². The second-order valence-corrected chi connectivity index (χ2v) is 7.90. The van der Waals surface area contributed by atoms with Crippen molar-refractivity contribution in [1.29, 1.82) is 0 Å². The maximum absolute atomic E-state index is 12.2. The molecule has 3 aromatic rings. The van der Waals surface area contributed by atoms with E-state index in [-0.39, 0.29) is 10.6 Å². The molecule has 166 valence electrons. The summed E-state index contributed by atoms with van der Waals surface area (Å²) in [6.45, 7) is 9.63. The van der Waals surface area contributed by atoms with Crippen LogP contribution in [0.15, 0.2) is 54.9 Å². The molecular weight excluding hydrogens is 404 g/mol.